The Hall–Kier alpha value is -1.55. The zero-order valence-electron chi connectivity index (χ0n) is 12.4. The fraction of sp³-hybridized carbons (Fsp3) is 0.562. The molecule has 1 unspecified atom stereocenters. The van der Waals surface area contributed by atoms with Crippen molar-refractivity contribution in [1.29, 1.82) is 0 Å². The molecule has 4 heteroatoms. The summed E-state index contributed by atoms with van der Waals surface area (Å²) in [6.07, 6.45) is 2.51. The Morgan fingerprint density at radius 3 is 3.00 bits per heavy atom. The largest absolute Gasteiger partial charge is 0.492 e. The van der Waals surface area contributed by atoms with Gasteiger partial charge in [-0.05, 0) is 31.9 Å². The van der Waals surface area contributed by atoms with Crippen LogP contribution in [0.1, 0.15) is 26.7 Å². The zero-order valence-corrected chi connectivity index (χ0v) is 12.4. The number of quaternary nitrogens is 1. The highest BCUT2D eigenvalue weighted by atomic mass is 16.5. The van der Waals surface area contributed by atoms with Crippen molar-refractivity contribution in [2.45, 2.75) is 26.7 Å². The van der Waals surface area contributed by atoms with Crippen LogP contribution in [-0.2, 0) is 4.79 Å². The van der Waals surface area contributed by atoms with Gasteiger partial charge >= 0.3 is 0 Å². The van der Waals surface area contributed by atoms with Gasteiger partial charge < -0.3 is 15.0 Å². The summed E-state index contributed by atoms with van der Waals surface area (Å²) in [5.41, 5.74) is 0.767. The number of benzene rings is 1. The Balaban J connectivity index is 1.91. The number of ether oxygens (including phenoxy) is 1. The summed E-state index contributed by atoms with van der Waals surface area (Å²) in [7, 11) is 0. The molecule has 1 heterocycles. The third kappa shape index (κ3) is 4.23. The lowest BCUT2D eigenvalue weighted by Crippen LogP contribution is -3.14. The molecule has 0 bridgehead atoms. The number of rotatable bonds is 5. The van der Waals surface area contributed by atoms with Crippen molar-refractivity contribution in [3.63, 3.8) is 0 Å². The van der Waals surface area contributed by atoms with Crippen molar-refractivity contribution in [3.8, 4) is 5.75 Å². The molecule has 1 aromatic rings. The molecule has 1 saturated heterocycles. The van der Waals surface area contributed by atoms with E-state index in [2.05, 4.69) is 12.2 Å². The third-order valence-electron chi connectivity index (χ3n) is 3.74. The maximum atomic E-state index is 12.2. The number of piperidine rings is 1. The number of nitrogens with one attached hydrogen (secondary N) is 2. The van der Waals surface area contributed by atoms with Crippen LogP contribution in [0.25, 0.3) is 0 Å². The predicted octanol–water partition coefficient (Wildman–Crippen LogP) is 1.34. The van der Waals surface area contributed by atoms with Crippen molar-refractivity contribution >= 4 is 11.6 Å². The highest BCUT2D eigenvalue weighted by Crippen LogP contribution is 2.23. The normalized spacial score (nSPS) is 22.3. The smallest absolute Gasteiger partial charge is 0.279 e. The van der Waals surface area contributed by atoms with Crippen LogP contribution >= 0.6 is 0 Å². The van der Waals surface area contributed by atoms with Crippen LogP contribution in [0.4, 0.5) is 5.69 Å². The van der Waals surface area contributed by atoms with E-state index in [0.29, 0.717) is 13.2 Å². The second-order valence-corrected chi connectivity index (χ2v) is 5.61. The van der Waals surface area contributed by atoms with Crippen LogP contribution in [0.3, 0.4) is 0 Å². The maximum absolute atomic E-state index is 12.2. The van der Waals surface area contributed by atoms with Crippen molar-refractivity contribution in [2.24, 2.45) is 5.92 Å². The molecule has 1 amide bonds. The van der Waals surface area contributed by atoms with Crippen molar-refractivity contribution in [2.75, 3.05) is 31.6 Å². The van der Waals surface area contributed by atoms with Gasteiger partial charge in [0.15, 0.2) is 6.54 Å². The van der Waals surface area contributed by atoms with E-state index in [1.165, 1.54) is 17.7 Å². The van der Waals surface area contributed by atoms with E-state index in [1.54, 1.807) is 0 Å². The number of anilines is 1. The van der Waals surface area contributed by atoms with Gasteiger partial charge in [-0.1, -0.05) is 19.1 Å². The molecule has 0 aromatic heterocycles. The van der Waals surface area contributed by atoms with Crippen molar-refractivity contribution < 1.29 is 14.4 Å². The predicted molar refractivity (Wildman–Crippen MR) is 80.2 cm³/mol. The fourth-order valence-corrected chi connectivity index (χ4v) is 2.83. The number of hydrogen-bond donors (Lipinski definition) is 2. The molecule has 20 heavy (non-hydrogen) atoms. The van der Waals surface area contributed by atoms with Crippen LogP contribution in [0.15, 0.2) is 24.3 Å². The third-order valence-corrected chi connectivity index (χ3v) is 3.74. The second kappa shape index (κ2) is 7.29. The van der Waals surface area contributed by atoms with Gasteiger partial charge in [-0.2, -0.15) is 0 Å². The lowest BCUT2D eigenvalue weighted by Gasteiger charge is -2.27. The molecule has 0 spiro atoms. The van der Waals surface area contributed by atoms with Gasteiger partial charge in [0.2, 0.25) is 0 Å². The van der Waals surface area contributed by atoms with E-state index < -0.39 is 0 Å². The molecule has 1 fully saturated rings. The van der Waals surface area contributed by atoms with E-state index in [1.807, 2.05) is 31.2 Å². The van der Waals surface area contributed by atoms with Crippen molar-refractivity contribution in [3.05, 3.63) is 24.3 Å². The number of amides is 1. The molecule has 1 aromatic carbocycles. The van der Waals surface area contributed by atoms with Crippen LogP contribution in [0.2, 0.25) is 0 Å². The van der Waals surface area contributed by atoms with Crippen molar-refractivity contribution in [1.82, 2.24) is 0 Å². The second-order valence-electron chi connectivity index (χ2n) is 5.61. The molecule has 0 radical (unpaired) electrons. The Labute approximate surface area is 121 Å². The topological polar surface area (TPSA) is 42.8 Å². The number of likely N-dealkylation sites (tertiary alicyclic amines) is 1. The van der Waals surface area contributed by atoms with Crippen LogP contribution in [0, 0.1) is 5.92 Å². The monoisotopic (exact) mass is 277 g/mol. The van der Waals surface area contributed by atoms with Gasteiger partial charge in [0, 0.05) is 5.92 Å². The Kier molecular flexibility index (Phi) is 5.41. The lowest BCUT2D eigenvalue weighted by atomic mass is 10.0. The summed E-state index contributed by atoms with van der Waals surface area (Å²) in [6, 6.07) is 7.60. The average molecular weight is 277 g/mol. The molecule has 110 valence electrons. The lowest BCUT2D eigenvalue weighted by molar-refractivity contribution is -0.900. The summed E-state index contributed by atoms with van der Waals surface area (Å²) in [4.78, 5) is 13.5. The van der Waals surface area contributed by atoms with Gasteiger partial charge in [0.05, 0.1) is 25.4 Å². The van der Waals surface area contributed by atoms with Crippen LogP contribution in [-0.4, -0.2) is 32.1 Å². The molecule has 2 N–H and O–H groups in total. The minimum absolute atomic E-state index is 0.0706. The molecule has 2 atom stereocenters. The summed E-state index contributed by atoms with van der Waals surface area (Å²) < 4.78 is 5.52. The first-order valence-corrected chi connectivity index (χ1v) is 7.54. The summed E-state index contributed by atoms with van der Waals surface area (Å²) in [6.45, 7) is 7.55. The van der Waals surface area contributed by atoms with Crippen LogP contribution < -0.4 is 15.0 Å². The first-order valence-electron chi connectivity index (χ1n) is 7.54. The number of carbonyl (C=O) groups excluding carboxylic acids is 1. The number of para-hydroxylation sites is 2. The van der Waals surface area contributed by atoms with Gasteiger partial charge in [0.25, 0.3) is 5.91 Å². The standard InChI is InChI=1S/C16H24N2O2/c1-3-20-15-9-5-4-8-14(15)17-16(19)12-18-10-6-7-13(2)11-18/h4-5,8-9,13H,3,6-7,10-12H2,1-2H3,(H,17,19)/p+1/t13-/m0/s1. The van der Waals surface area contributed by atoms with E-state index >= 15 is 0 Å². The Morgan fingerprint density at radius 2 is 2.25 bits per heavy atom. The Bertz CT molecular complexity index is 448. The minimum atomic E-state index is 0.0706. The van der Waals surface area contributed by atoms with Gasteiger partial charge in [-0.25, -0.2) is 0 Å². The minimum Gasteiger partial charge on any atom is -0.492 e. The molecule has 0 aliphatic carbocycles. The molecular formula is C16H25N2O2+. The number of carbonyl (C=O) groups is 1. The summed E-state index contributed by atoms with van der Waals surface area (Å²) in [5, 5.41) is 2.97. The quantitative estimate of drug-likeness (QED) is 0.853. The molecule has 2 rings (SSSR count). The highest BCUT2D eigenvalue weighted by Gasteiger charge is 2.22. The highest BCUT2D eigenvalue weighted by molar-refractivity contribution is 5.92. The molecule has 4 nitrogen and oxygen atoms in total. The first-order chi connectivity index (χ1) is 9.69. The molecular weight excluding hydrogens is 252 g/mol. The van der Waals surface area contributed by atoms with E-state index in [0.717, 1.165) is 30.4 Å². The maximum Gasteiger partial charge on any atom is 0.279 e. The van der Waals surface area contributed by atoms with E-state index in [-0.39, 0.29) is 5.91 Å². The van der Waals surface area contributed by atoms with E-state index in [4.69, 9.17) is 4.74 Å². The SMILES string of the molecule is CCOc1ccccc1NC(=O)C[NH+]1CCC[C@H](C)C1. The van der Waals surface area contributed by atoms with Crippen LogP contribution in [0.5, 0.6) is 5.75 Å². The first kappa shape index (κ1) is 14.9. The summed E-state index contributed by atoms with van der Waals surface area (Å²) in [5.74, 6) is 1.54. The summed E-state index contributed by atoms with van der Waals surface area (Å²) >= 11 is 0. The molecule has 1 aliphatic heterocycles. The fourth-order valence-electron chi connectivity index (χ4n) is 2.83. The van der Waals surface area contributed by atoms with Gasteiger partial charge in [0.1, 0.15) is 5.75 Å². The molecule has 1 aliphatic rings. The van der Waals surface area contributed by atoms with E-state index in [9.17, 15) is 4.79 Å². The van der Waals surface area contributed by atoms with Gasteiger partial charge in [-0.3, -0.25) is 4.79 Å². The molecule has 0 saturated carbocycles. The average Bonchev–Trinajstić information content (AvgIpc) is 2.41. The zero-order chi connectivity index (χ0) is 14.4. The van der Waals surface area contributed by atoms with Gasteiger partial charge in [-0.15, -0.1) is 0 Å². The Morgan fingerprint density at radius 1 is 1.45 bits per heavy atom. The number of hydrogen-bond acceptors (Lipinski definition) is 2.